The van der Waals surface area contributed by atoms with E-state index < -0.39 is 5.60 Å². The molecule has 6 nitrogen and oxygen atoms in total. The van der Waals surface area contributed by atoms with Gasteiger partial charge in [0, 0.05) is 30.5 Å². The highest BCUT2D eigenvalue weighted by atomic mass is 16.6. The van der Waals surface area contributed by atoms with Crippen LogP contribution < -0.4 is 0 Å². The molecule has 3 rings (SSSR count). The van der Waals surface area contributed by atoms with E-state index in [9.17, 15) is 9.59 Å². The molecular weight excluding hydrogens is 392 g/mol. The van der Waals surface area contributed by atoms with E-state index in [-0.39, 0.29) is 24.0 Å². The second-order valence-electron chi connectivity index (χ2n) is 8.91. The molecule has 168 valence electrons. The van der Waals surface area contributed by atoms with E-state index in [0.29, 0.717) is 19.4 Å². The molecule has 1 saturated carbocycles. The molecule has 2 fully saturated rings. The van der Waals surface area contributed by atoms with E-state index in [4.69, 9.17) is 9.47 Å². The molecule has 2 aliphatic rings. The zero-order valence-corrected chi connectivity index (χ0v) is 19.1. The average Bonchev–Trinajstić information content (AvgIpc) is 3.17. The summed E-state index contributed by atoms with van der Waals surface area (Å²) in [5.74, 6) is 6.44. The number of aryl methyl sites for hydroxylation is 1. The summed E-state index contributed by atoms with van der Waals surface area (Å²) in [5.41, 5.74) is 1.18. The molecule has 1 aliphatic heterocycles. The molecule has 0 aromatic heterocycles. The highest BCUT2D eigenvalue weighted by molar-refractivity contribution is 5.71. The number of benzene rings is 1. The van der Waals surface area contributed by atoms with E-state index in [1.165, 1.54) is 7.11 Å². The Hall–Kier alpha value is -2.52. The lowest BCUT2D eigenvalue weighted by Crippen LogP contribution is -2.51. The molecule has 0 bridgehead atoms. The van der Waals surface area contributed by atoms with E-state index in [1.807, 2.05) is 45.3 Å². The summed E-state index contributed by atoms with van der Waals surface area (Å²) in [5, 5.41) is 0. The molecule has 1 aromatic carbocycles. The van der Waals surface area contributed by atoms with Gasteiger partial charge in [-0.3, -0.25) is 4.79 Å². The number of hydrogen-bond acceptors (Lipinski definition) is 5. The molecule has 3 unspecified atom stereocenters. The van der Waals surface area contributed by atoms with Crippen LogP contribution in [0.2, 0.25) is 0 Å². The first-order valence-electron chi connectivity index (χ1n) is 11.2. The van der Waals surface area contributed by atoms with Gasteiger partial charge >= 0.3 is 12.1 Å². The lowest BCUT2D eigenvalue weighted by atomic mass is 9.72. The largest absolute Gasteiger partial charge is 0.453 e. The Morgan fingerprint density at radius 3 is 2.81 bits per heavy atom. The van der Waals surface area contributed by atoms with Crippen molar-refractivity contribution in [2.24, 2.45) is 5.92 Å². The van der Waals surface area contributed by atoms with Crippen molar-refractivity contribution in [3.63, 3.8) is 0 Å². The first kappa shape index (κ1) is 23.1. The summed E-state index contributed by atoms with van der Waals surface area (Å²) in [6.07, 6.45) is 3.98. The maximum atomic E-state index is 12.8. The number of ether oxygens (including phenoxy) is 2. The van der Waals surface area contributed by atoms with Crippen molar-refractivity contribution < 1.29 is 19.1 Å². The fourth-order valence-corrected chi connectivity index (χ4v) is 4.86. The predicted octanol–water partition coefficient (Wildman–Crippen LogP) is 3.61. The number of esters is 1. The van der Waals surface area contributed by atoms with Gasteiger partial charge in [-0.15, -0.1) is 0 Å². The molecule has 1 heterocycles. The zero-order chi connectivity index (χ0) is 22.4. The summed E-state index contributed by atoms with van der Waals surface area (Å²) in [6, 6.07) is 8.02. The Bertz CT molecular complexity index is 857. The quantitative estimate of drug-likeness (QED) is 0.532. The minimum absolute atomic E-state index is 0.00421. The van der Waals surface area contributed by atoms with Gasteiger partial charge in [-0.05, 0) is 83.3 Å². The number of carbonyl (C=O) groups excluding carboxylic acids is 2. The van der Waals surface area contributed by atoms with Crippen molar-refractivity contribution in [3.8, 4) is 11.8 Å². The van der Waals surface area contributed by atoms with E-state index in [1.54, 1.807) is 4.90 Å². The maximum Gasteiger partial charge on any atom is 0.409 e. The van der Waals surface area contributed by atoms with Gasteiger partial charge in [0.1, 0.15) is 0 Å². The average molecular weight is 427 g/mol. The van der Waals surface area contributed by atoms with Crippen LogP contribution in [-0.4, -0.2) is 67.8 Å². The number of fused-ring (bicyclic) bond motifs is 1. The molecular formula is C25H34N2O4. The van der Waals surface area contributed by atoms with Crippen LogP contribution in [0.5, 0.6) is 0 Å². The molecule has 1 saturated heterocycles. The highest BCUT2D eigenvalue weighted by Crippen LogP contribution is 2.45. The smallest absolute Gasteiger partial charge is 0.409 e. The van der Waals surface area contributed by atoms with Crippen LogP contribution in [0.1, 0.15) is 49.7 Å². The lowest BCUT2D eigenvalue weighted by Gasteiger charge is -2.42. The van der Waals surface area contributed by atoms with Crippen molar-refractivity contribution in [2.75, 3.05) is 34.3 Å². The normalized spacial score (nSPS) is 24.9. The Labute approximate surface area is 185 Å². The van der Waals surface area contributed by atoms with Gasteiger partial charge in [0.2, 0.25) is 0 Å². The topological polar surface area (TPSA) is 59.1 Å². The van der Waals surface area contributed by atoms with Crippen LogP contribution in [0.3, 0.4) is 0 Å². The van der Waals surface area contributed by atoms with Crippen LogP contribution in [0, 0.1) is 24.7 Å². The van der Waals surface area contributed by atoms with Gasteiger partial charge in [0.05, 0.1) is 7.11 Å². The second kappa shape index (κ2) is 10.2. The molecule has 0 spiro atoms. The number of rotatable bonds is 5. The van der Waals surface area contributed by atoms with E-state index in [0.717, 1.165) is 43.4 Å². The third kappa shape index (κ3) is 5.59. The Morgan fingerprint density at radius 1 is 1.29 bits per heavy atom. The van der Waals surface area contributed by atoms with Gasteiger partial charge in [-0.25, -0.2) is 4.79 Å². The first-order valence-corrected chi connectivity index (χ1v) is 11.2. The summed E-state index contributed by atoms with van der Waals surface area (Å²) in [7, 11) is 5.39. The molecule has 6 heteroatoms. The molecule has 3 atom stereocenters. The van der Waals surface area contributed by atoms with Crippen LogP contribution in [0.15, 0.2) is 24.3 Å². The predicted molar refractivity (Wildman–Crippen MR) is 120 cm³/mol. The molecule has 1 amide bonds. The fraction of sp³-hybridized carbons (Fsp3) is 0.600. The molecule has 1 aliphatic carbocycles. The minimum atomic E-state index is -0.870. The van der Waals surface area contributed by atoms with Gasteiger partial charge in [-0.1, -0.05) is 18.1 Å². The second-order valence-corrected chi connectivity index (χ2v) is 8.91. The maximum absolute atomic E-state index is 12.8. The number of likely N-dealkylation sites (tertiary alicyclic amines) is 1. The first-order chi connectivity index (χ1) is 14.8. The molecule has 0 radical (unpaired) electrons. The standard InChI is InChI=1S/C25H34N2O4/c1-19-8-5-9-20(18-19)12-15-25(31-23(28)11-7-16-26(2)3)14-6-10-22-21(25)13-17-27(22)24(29)30-4/h5,8-9,18,21-22H,6-7,10-11,13-14,16-17H2,1-4H3. The SMILES string of the molecule is COC(=O)N1CCC2C1CCCC2(C#Cc1cccc(C)c1)OC(=O)CCCN(C)C. The van der Waals surface area contributed by atoms with Crippen molar-refractivity contribution in [2.45, 2.75) is 57.1 Å². The molecule has 31 heavy (non-hydrogen) atoms. The van der Waals surface area contributed by atoms with Crippen LogP contribution in [0.4, 0.5) is 4.79 Å². The third-order valence-electron chi connectivity index (χ3n) is 6.32. The number of nitrogens with zero attached hydrogens (tertiary/aromatic N) is 2. The van der Waals surface area contributed by atoms with Gasteiger partial charge < -0.3 is 19.3 Å². The highest BCUT2D eigenvalue weighted by Gasteiger charge is 2.53. The summed E-state index contributed by atoms with van der Waals surface area (Å²) in [4.78, 5) is 28.9. The van der Waals surface area contributed by atoms with Crippen LogP contribution >= 0.6 is 0 Å². The monoisotopic (exact) mass is 426 g/mol. The van der Waals surface area contributed by atoms with Crippen molar-refractivity contribution >= 4 is 12.1 Å². The summed E-state index contributed by atoms with van der Waals surface area (Å²) >= 11 is 0. The molecule has 0 N–H and O–H groups in total. The number of methoxy groups -OCH3 is 1. The van der Waals surface area contributed by atoms with E-state index >= 15 is 0 Å². The summed E-state index contributed by atoms with van der Waals surface area (Å²) < 4.78 is 11.2. The van der Waals surface area contributed by atoms with Crippen molar-refractivity contribution in [1.29, 1.82) is 0 Å². The van der Waals surface area contributed by atoms with Gasteiger partial charge in [-0.2, -0.15) is 0 Å². The van der Waals surface area contributed by atoms with Crippen molar-refractivity contribution in [1.82, 2.24) is 9.80 Å². The Balaban J connectivity index is 1.87. The van der Waals surface area contributed by atoms with E-state index in [2.05, 4.69) is 16.7 Å². The minimum Gasteiger partial charge on any atom is -0.453 e. The van der Waals surface area contributed by atoms with Crippen LogP contribution in [0.25, 0.3) is 0 Å². The Morgan fingerprint density at radius 2 is 2.10 bits per heavy atom. The van der Waals surface area contributed by atoms with Gasteiger partial charge in [0.25, 0.3) is 0 Å². The zero-order valence-electron chi connectivity index (χ0n) is 19.1. The number of amides is 1. The van der Waals surface area contributed by atoms with Crippen LogP contribution in [-0.2, 0) is 14.3 Å². The fourth-order valence-electron chi connectivity index (χ4n) is 4.86. The Kier molecular flexibility index (Phi) is 7.61. The number of carbonyl (C=O) groups is 2. The number of hydrogen-bond donors (Lipinski definition) is 0. The summed E-state index contributed by atoms with van der Waals surface area (Å²) in [6.45, 7) is 3.47. The molecule has 1 aromatic rings. The lowest BCUT2D eigenvalue weighted by molar-refractivity contribution is -0.163. The van der Waals surface area contributed by atoms with Crippen molar-refractivity contribution in [3.05, 3.63) is 35.4 Å². The van der Waals surface area contributed by atoms with Gasteiger partial charge in [0.15, 0.2) is 5.60 Å². The third-order valence-corrected chi connectivity index (χ3v) is 6.32.